The van der Waals surface area contributed by atoms with Crippen molar-refractivity contribution in [2.75, 3.05) is 29.3 Å². The zero-order chi connectivity index (χ0) is 24.7. The largest absolute Gasteiger partial charge is 0.504 e. The smallest absolute Gasteiger partial charge is 0.265 e. The number of hydrogen-bond acceptors (Lipinski definition) is 6. The summed E-state index contributed by atoms with van der Waals surface area (Å²) in [6.07, 6.45) is 0.538. The lowest BCUT2D eigenvalue weighted by Gasteiger charge is -2.23. The number of carbonyl (C=O) groups excluding carboxylic acids is 1. The highest BCUT2D eigenvalue weighted by atomic mass is 35.5. The SMILES string of the molecule is CCN(c1ccccc1)S(=O)(=O)c1cc(NC(=O)CNCCc2ccc(O)c(O)c2)ccc1Cl.Cl. The molecule has 11 heteroatoms. The Bertz CT molecular complexity index is 1260. The Balaban J connectivity index is 0.00000432. The molecule has 0 aliphatic rings. The quantitative estimate of drug-likeness (QED) is 0.227. The maximum Gasteiger partial charge on any atom is 0.265 e. The number of rotatable bonds is 10. The second kappa shape index (κ2) is 12.6. The molecule has 3 aromatic carbocycles. The summed E-state index contributed by atoms with van der Waals surface area (Å²) in [7, 11) is -3.96. The van der Waals surface area contributed by atoms with Gasteiger partial charge in [-0.3, -0.25) is 9.10 Å². The van der Waals surface area contributed by atoms with E-state index in [1.807, 2.05) is 0 Å². The summed E-state index contributed by atoms with van der Waals surface area (Å²) in [6.45, 7) is 2.40. The molecule has 1 amide bonds. The van der Waals surface area contributed by atoms with Crippen molar-refractivity contribution in [2.45, 2.75) is 18.2 Å². The number of phenols is 2. The van der Waals surface area contributed by atoms with E-state index in [-0.39, 0.29) is 52.8 Å². The normalized spacial score (nSPS) is 10.9. The number of halogens is 2. The van der Waals surface area contributed by atoms with Crippen molar-refractivity contribution in [3.8, 4) is 11.5 Å². The number of phenolic OH excluding ortho intramolecular Hbond substituents is 2. The number of nitrogens with zero attached hydrogens (tertiary/aromatic N) is 1. The lowest BCUT2D eigenvalue weighted by Crippen LogP contribution is -2.31. The summed E-state index contributed by atoms with van der Waals surface area (Å²) in [6, 6.07) is 17.6. The minimum Gasteiger partial charge on any atom is -0.504 e. The van der Waals surface area contributed by atoms with Gasteiger partial charge in [-0.15, -0.1) is 12.4 Å². The van der Waals surface area contributed by atoms with Crippen molar-refractivity contribution >= 4 is 51.3 Å². The molecule has 0 atom stereocenters. The van der Waals surface area contributed by atoms with Gasteiger partial charge in [0.15, 0.2) is 11.5 Å². The molecule has 188 valence electrons. The van der Waals surface area contributed by atoms with Gasteiger partial charge in [-0.1, -0.05) is 35.9 Å². The van der Waals surface area contributed by atoms with Gasteiger partial charge < -0.3 is 20.8 Å². The van der Waals surface area contributed by atoms with E-state index in [4.69, 9.17) is 11.6 Å². The van der Waals surface area contributed by atoms with Gasteiger partial charge in [0.2, 0.25) is 5.91 Å². The topological polar surface area (TPSA) is 119 Å². The predicted molar refractivity (Wildman–Crippen MR) is 140 cm³/mol. The highest BCUT2D eigenvalue weighted by molar-refractivity contribution is 7.93. The second-order valence-electron chi connectivity index (χ2n) is 7.45. The van der Waals surface area contributed by atoms with Gasteiger partial charge in [0.05, 0.1) is 17.3 Å². The summed E-state index contributed by atoms with van der Waals surface area (Å²) in [4.78, 5) is 12.2. The Morgan fingerprint density at radius 3 is 2.37 bits per heavy atom. The Labute approximate surface area is 216 Å². The minimum atomic E-state index is -3.96. The summed E-state index contributed by atoms with van der Waals surface area (Å²) in [5.41, 5.74) is 1.62. The van der Waals surface area contributed by atoms with Crippen LogP contribution in [0.5, 0.6) is 11.5 Å². The van der Waals surface area contributed by atoms with Crippen LogP contribution in [0.15, 0.2) is 71.6 Å². The zero-order valence-corrected chi connectivity index (χ0v) is 21.3. The fraction of sp³-hybridized carbons (Fsp3) is 0.208. The average molecular weight is 540 g/mol. The Hall–Kier alpha value is -2.98. The Kier molecular flexibility index (Phi) is 10.2. The maximum atomic E-state index is 13.3. The van der Waals surface area contributed by atoms with E-state index >= 15 is 0 Å². The molecule has 0 aliphatic heterocycles. The molecule has 3 rings (SSSR count). The number of sulfonamides is 1. The van der Waals surface area contributed by atoms with Gasteiger partial charge in [-0.25, -0.2) is 8.42 Å². The van der Waals surface area contributed by atoms with Gasteiger partial charge >= 0.3 is 0 Å². The number of amides is 1. The van der Waals surface area contributed by atoms with E-state index < -0.39 is 10.0 Å². The van der Waals surface area contributed by atoms with Crippen LogP contribution in [0.2, 0.25) is 5.02 Å². The van der Waals surface area contributed by atoms with Crippen LogP contribution < -0.4 is 14.9 Å². The standard InChI is InChI=1S/C24H26ClN3O5S.ClH/c1-2-28(19-6-4-3-5-7-19)34(32,33)23-15-18(9-10-20(23)25)27-24(31)16-26-13-12-17-8-11-21(29)22(30)14-17;/h3-11,14-15,26,29-30H,2,12-13,16H2,1H3,(H,27,31);1H. The van der Waals surface area contributed by atoms with Crippen molar-refractivity contribution in [1.29, 1.82) is 0 Å². The summed E-state index contributed by atoms with van der Waals surface area (Å²) >= 11 is 6.22. The monoisotopic (exact) mass is 539 g/mol. The van der Waals surface area contributed by atoms with Gasteiger partial charge in [-0.2, -0.15) is 0 Å². The molecule has 0 saturated carbocycles. The number of anilines is 2. The van der Waals surface area contributed by atoms with Crippen LogP contribution in [0.4, 0.5) is 11.4 Å². The first-order chi connectivity index (χ1) is 16.2. The van der Waals surface area contributed by atoms with Crippen LogP contribution >= 0.6 is 24.0 Å². The third-order valence-electron chi connectivity index (χ3n) is 5.03. The van der Waals surface area contributed by atoms with E-state index in [0.717, 1.165) is 5.56 Å². The van der Waals surface area contributed by atoms with Crippen LogP contribution in [-0.4, -0.2) is 44.2 Å². The summed E-state index contributed by atoms with van der Waals surface area (Å²) in [5, 5.41) is 24.6. The molecule has 0 spiro atoms. The number of benzene rings is 3. The molecule has 0 unspecified atom stereocenters. The Morgan fingerprint density at radius 1 is 1.00 bits per heavy atom. The first-order valence-corrected chi connectivity index (χ1v) is 12.4. The summed E-state index contributed by atoms with van der Waals surface area (Å²) < 4.78 is 27.8. The molecule has 4 N–H and O–H groups in total. The molecule has 0 radical (unpaired) electrons. The fourth-order valence-electron chi connectivity index (χ4n) is 3.35. The number of aromatic hydroxyl groups is 2. The van der Waals surface area contributed by atoms with Crippen molar-refractivity contribution in [3.05, 3.63) is 77.3 Å². The van der Waals surface area contributed by atoms with Crippen LogP contribution in [0.1, 0.15) is 12.5 Å². The molecule has 0 bridgehead atoms. The van der Waals surface area contributed by atoms with Crippen LogP contribution in [0.25, 0.3) is 0 Å². The Morgan fingerprint density at radius 2 is 1.71 bits per heavy atom. The van der Waals surface area contributed by atoms with Gasteiger partial charge in [0, 0.05) is 12.2 Å². The predicted octanol–water partition coefficient (Wildman–Crippen LogP) is 4.16. The highest BCUT2D eigenvalue weighted by Crippen LogP contribution is 2.30. The number of hydrogen-bond donors (Lipinski definition) is 4. The average Bonchev–Trinajstić information content (AvgIpc) is 2.81. The van der Waals surface area contributed by atoms with Gasteiger partial charge in [0.1, 0.15) is 4.90 Å². The second-order valence-corrected chi connectivity index (χ2v) is 9.69. The minimum absolute atomic E-state index is 0. The van der Waals surface area contributed by atoms with Crippen LogP contribution in [-0.2, 0) is 21.2 Å². The zero-order valence-electron chi connectivity index (χ0n) is 18.9. The lowest BCUT2D eigenvalue weighted by atomic mass is 10.1. The van der Waals surface area contributed by atoms with Crippen molar-refractivity contribution in [1.82, 2.24) is 5.32 Å². The van der Waals surface area contributed by atoms with E-state index in [9.17, 15) is 23.4 Å². The highest BCUT2D eigenvalue weighted by Gasteiger charge is 2.26. The lowest BCUT2D eigenvalue weighted by molar-refractivity contribution is -0.115. The first kappa shape index (κ1) is 28.3. The molecule has 3 aromatic rings. The number of nitrogens with one attached hydrogen (secondary N) is 2. The molecule has 0 heterocycles. The molecule has 8 nitrogen and oxygen atoms in total. The van der Waals surface area contributed by atoms with Crippen LogP contribution in [0, 0.1) is 0 Å². The third kappa shape index (κ3) is 7.25. The molecular formula is C24H27Cl2N3O5S. The van der Waals surface area contributed by atoms with Crippen molar-refractivity contribution in [3.63, 3.8) is 0 Å². The van der Waals surface area contributed by atoms with Crippen molar-refractivity contribution in [2.24, 2.45) is 0 Å². The third-order valence-corrected chi connectivity index (χ3v) is 7.41. The molecule has 0 aliphatic carbocycles. The maximum absolute atomic E-state index is 13.3. The van der Waals surface area contributed by atoms with Gasteiger partial charge in [0.25, 0.3) is 10.0 Å². The molecule has 0 aromatic heterocycles. The van der Waals surface area contributed by atoms with Gasteiger partial charge in [-0.05, 0) is 67.9 Å². The van der Waals surface area contributed by atoms with E-state index in [1.54, 1.807) is 43.3 Å². The molecule has 0 fully saturated rings. The van der Waals surface area contributed by atoms with Crippen LogP contribution in [0.3, 0.4) is 0 Å². The molecule has 35 heavy (non-hydrogen) atoms. The number of para-hydroxylation sites is 1. The van der Waals surface area contributed by atoms with E-state index in [2.05, 4.69) is 10.6 Å². The number of carbonyl (C=O) groups is 1. The van der Waals surface area contributed by atoms with E-state index in [1.165, 1.54) is 34.6 Å². The molecular weight excluding hydrogens is 513 g/mol. The van der Waals surface area contributed by atoms with E-state index in [0.29, 0.717) is 24.3 Å². The molecule has 0 saturated heterocycles. The fourth-order valence-corrected chi connectivity index (χ4v) is 5.32. The summed E-state index contributed by atoms with van der Waals surface area (Å²) in [5.74, 6) is -0.737. The first-order valence-electron chi connectivity index (χ1n) is 10.6. The van der Waals surface area contributed by atoms with Crippen molar-refractivity contribution < 1.29 is 23.4 Å².